The number of fused-ring (bicyclic) bond motifs is 1. The summed E-state index contributed by atoms with van der Waals surface area (Å²) in [4.78, 5) is 6.69. The summed E-state index contributed by atoms with van der Waals surface area (Å²) in [7, 11) is 0. The molecule has 4 nitrogen and oxygen atoms in total. The third-order valence-electron chi connectivity index (χ3n) is 4.35. The van der Waals surface area contributed by atoms with Gasteiger partial charge in [-0.15, -0.1) is 0 Å². The molecule has 1 fully saturated rings. The molecule has 0 aliphatic carbocycles. The Morgan fingerprint density at radius 3 is 2.86 bits per heavy atom. The zero-order valence-electron chi connectivity index (χ0n) is 12.7. The Morgan fingerprint density at radius 1 is 1.29 bits per heavy atom. The first kappa shape index (κ1) is 14.1. The van der Waals surface area contributed by atoms with Crippen LogP contribution >= 0.6 is 0 Å². The highest BCUT2D eigenvalue weighted by Gasteiger charge is 2.19. The van der Waals surface area contributed by atoms with E-state index in [-0.39, 0.29) is 0 Å². The molecular formula is C17H24N4. The van der Waals surface area contributed by atoms with E-state index in [0.29, 0.717) is 6.04 Å². The van der Waals surface area contributed by atoms with Gasteiger partial charge in [-0.25, -0.2) is 0 Å². The lowest BCUT2D eigenvalue weighted by Gasteiger charge is -2.33. The van der Waals surface area contributed by atoms with Gasteiger partial charge in [0.2, 0.25) is 0 Å². The van der Waals surface area contributed by atoms with Gasteiger partial charge in [0.25, 0.3) is 0 Å². The maximum atomic E-state index is 6.31. The van der Waals surface area contributed by atoms with Crippen molar-refractivity contribution in [1.82, 2.24) is 9.88 Å². The quantitative estimate of drug-likeness (QED) is 0.847. The number of nitrogens with zero attached hydrogens (tertiary/aromatic N) is 2. The molecule has 0 spiro atoms. The first-order valence-electron chi connectivity index (χ1n) is 7.89. The molecule has 1 saturated heterocycles. The largest absolute Gasteiger partial charge is 0.397 e. The second kappa shape index (κ2) is 6.31. The predicted molar refractivity (Wildman–Crippen MR) is 89.5 cm³/mol. The van der Waals surface area contributed by atoms with Crippen molar-refractivity contribution in [2.45, 2.75) is 32.2 Å². The number of hydrogen-bond donors (Lipinski definition) is 2. The summed E-state index contributed by atoms with van der Waals surface area (Å²) in [5.74, 6) is 0. The van der Waals surface area contributed by atoms with Crippen molar-refractivity contribution in [3.8, 4) is 0 Å². The molecule has 2 heterocycles. The lowest BCUT2D eigenvalue weighted by molar-refractivity contribution is 0.219. The highest BCUT2D eigenvalue weighted by Crippen LogP contribution is 2.29. The van der Waals surface area contributed by atoms with Gasteiger partial charge in [0.15, 0.2) is 0 Å². The fourth-order valence-corrected chi connectivity index (χ4v) is 3.16. The molecule has 1 aliphatic rings. The van der Waals surface area contributed by atoms with E-state index < -0.39 is 0 Å². The topological polar surface area (TPSA) is 54.2 Å². The molecule has 3 N–H and O–H groups in total. The van der Waals surface area contributed by atoms with Gasteiger partial charge in [-0.1, -0.05) is 13.0 Å². The van der Waals surface area contributed by atoms with Gasteiger partial charge in [0.1, 0.15) is 0 Å². The van der Waals surface area contributed by atoms with Gasteiger partial charge in [0, 0.05) is 42.3 Å². The summed E-state index contributed by atoms with van der Waals surface area (Å²) >= 11 is 0. The van der Waals surface area contributed by atoms with Crippen LogP contribution < -0.4 is 11.1 Å². The molecule has 1 aromatic heterocycles. The number of nitrogens with one attached hydrogen (secondary N) is 1. The molecule has 4 heteroatoms. The first-order chi connectivity index (χ1) is 10.3. The molecule has 3 rings (SSSR count). The van der Waals surface area contributed by atoms with Crippen LogP contribution in [0.1, 0.15) is 26.2 Å². The van der Waals surface area contributed by atoms with Crippen LogP contribution in [-0.4, -0.2) is 35.6 Å². The molecule has 0 amide bonds. The number of nitrogens with two attached hydrogens (primary N) is 1. The fourth-order valence-electron chi connectivity index (χ4n) is 3.16. The van der Waals surface area contributed by atoms with Crippen LogP contribution in [0.3, 0.4) is 0 Å². The minimum absolute atomic E-state index is 0.527. The van der Waals surface area contributed by atoms with Crippen molar-refractivity contribution in [3.05, 3.63) is 30.6 Å². The van der Waals surface area contributed by atoms with E-state index in [4.69, 9.17) is 5.73 Å². The van der Waals surface area contributed by atoms with Crippen molar-refractivity contribution >= 4 is 22.1 Å². The second-order valence-electron chi connectivity index (χ2n) is 5.88. The molecule has 0 radical (unpaired) electrons. The zero-order valence-corrected chi connectivity index (χ0v) is 12.7. The van der Waals surface area contributed by atoms with Gasteiger partial charge >= 0.3 is 0 Å². The van der Waals surface area contributed by atoms with Crippen LogP contribution in [0.25, 0.3) is 10.8 Å². The van der Waals surface area contributed by atoms with Crippen molar-refractivity contribution in [2.75, 3.05) is 30.7 Å². The minimum Gasteiger partial charge on any atom is -0.397 e. The Morgan fingerprint density at radius 2 is 2.10 bits per heavy atom. The number of piperidine rings is 1. The Labute approximate surface area is 126 Å². The van der Waals surface area contributed by atoms with Crippen molar-refractivity contribution in [3.63, 3.8) is 0 Å². The summed E-state index contributed by atoms with van der Waals surface area (Å²) in [5, 5.41) is 5.81. The maximum absolute atomic E-state index is 6.31. The highest BCUT2D eigenvalue weighted by molar-refractivity contribution is 5.98. The number of pyridine rings is 1. The third kappa shape index (κ3) is 3.10. The number of nitrogen functional groups attached to an aromatic ring is 1. The number of aromatic nitrogens is 1. The summed E-state index contributed by atoms with van der Waals surface area (Å²) in [6.07, 6.45) is 7.27. The molecule has 1 aliphatic heterocycles. The third-order valence-corrected chi connectivity index (χ3v) is 4.35. The van der Waals surface area contributed by atoms with Crippen LogP contribution in [0.5, 0.6) is 0 Å². The zero-order chi connectivity index (χ0) is 14.7. The Bertz CT molecular complexity index is 603. The summed E-state index contributed by atoms with van der Waals surface area (Å²) in [6, 6.07) is 6.68. The smallest absolute Gasteiger partial charge is 0.0630 e. The molecule has 0 unspecified atom stereocenters. The Hall–Kier alpha value is -1.81. The van der Waals surface area contributed by atoms with Crippen molar-refractivity contribution in [1.29, 1.82) is 0 Å². The predicted octanol–water partition coefficient (Wildman–Crippen LogP) is 3.10. The highest BCUT2D eigenvalue weighted by atomic mass is 15.1. The van der Waals surface area contributed by atoms with Crippen LogP contribution in [0, 0.1) is 0 Å². The Kier molecular flexibility index (Phi) is 4.25. The number of likely N-dealkylation sites (tertiary alicyclic amines) is 1. The van der Waals surface area contributed by atoms with E-state index in [1.807, 2.05) is 12.3 Å². The standard InChI is InChI=1S/C17H24N4/c1-2-9-21-10-6-14(7-11-21)20-16-4-3-13-12-19-8-5-15(13)17(16)18/h3-5,8,12,14,20H,2,6-7,9-11,18H2,1H3. The molecule has 1 aromatic carbocycles. The Balaban J connectivity index is 1.70. The van der Waals surface area contributed by atoms with Crippen LogP contribution in [0.4, 0.5) is 11.4 Å². The maximum Gasteiger partial charge on any atom is 0.0630 e. The SMILES string of the molecule is CCCN1CCC(Nc2ccc3cnccc3c2N)CC1. The fraction of sp³-hybridized carbons (Fsp3) is 0.471. The van der Waals surface area contributed by atoms with Gasteiger partial charge in [-0.3, -0.25) is 4.98 Å². The number of hydrogen-bond acceptors (Lipinski definition) is 4. The molecule has 0 bridgehead atoms. The van der Waals surface area contributed by atoms with E-state index in [9.17, 15) is 0 Å². The monoisotopic (exact) mass is 284 g/mol. The molecule has 0 saturated carbocycles. The van der Waals surface area contributed by atoms with Crippen LogP contribution in [-0.2, 0) is 0 Å². The second-order valence-corrected chi connectivity index (χ2v) is 5.88. The lowest BCUT2D eigenvalue weighted by atomic mass is 10.0. The normalized spacial score (nSPS) is 17.2. The van der Waals surface area contributed by atoms with Crippen molar-refractivity contribution in [2.24, 2.45) is 0 Å². The summed E-state index contributed by atoms with van der Waals surface area (Å²) < 4.78 is 0. The van der Waals surface area contributed by atoms with Crippen LogP contribution in [0.2, 0.25) is 0 Å². The van der Waals surface area contributed by atoms with Crippen molar-refractivity contribution < 1.29 is 0 Å². The molecule has 2 aromatic rings. The average Bonchev–Trinajstić information content (AvgIpc) is 2.52. The molecular weight excluding hydrogens is 260 g/mol. The van der Waals surface area contributed by atoms with Gasteiger partial charge < -0.3 is 16.0 Å². The molecule has 21 heavy (non-hydrogen) atoms. The number of rotatable bonds is 4. The molecule has 0 atom stereocenters. The van der Waals surface area contributed by atoms with E-state index in [1.165, 1.54) is 38.9 Å². The van der Waals surface area contributed by atoms with E-state index in [2.05, 4.69) is 34.3 Å². The number of benzene rings is 1. The van der Waals surface area contributed by atoms with E-state index in [1.54, 1.807) is 6.20 Å². The van der Waals surface area contributed by atoms with Gasteiger partial charge in [0.05, 0.1) is 11.4 Å². The lowest BCUT2D eigenvalue weighted by Crippen LogP contribution is -2.39. The molecule has 112 valence electrons. The van der Waals surface area contributed by atoms with E-state index >= 15 is 0 Å². The summed E-state index contributed by atoms with van der Waals surface area (Å²) in [6.45, 7) is 5.83. The van der Waals surface area contributed by atoms with Crippen LogP contribution in [0.15, 0.2) is 30.6 Å². The first-order valence-corrected chi connectivity index (χ1v) is 7.89. The van der Waals surface area contributed by atoms with Gasteiger partial charge in [-0.05, 0) is 37.9 Å². The summed E-state index contributed by atoms with van der Waals surface area (Å²) in [5.41, 5.74) is 8.21. The van der Waals surface area contributed by atoms with Gasteiger partial charge in [-0.2, -0.15) is 0 Å². The minimum atomic E-state index is 0.527. The number of anilines is 2. The van der Waals surface area contributed by atoms with E-state index in [0.717, 1.165) is 22.1 Å². The average molecular weight is 284 g/mol.